The van der Waals surface area contributed by atoms with E-state index >= 15 is 0 Å². The fourth-order valence-electron chi connectivity index (χ4n) is 2.21. The molecule has 0 aliphatic carbocycles. The van der Waals surface area contributed by atoms with Crippen molar-refractivity contribution in [2.75, 3.05) is 6.61 Å². The third-order valence-electron chi connectivity index (χ3n) is 3.59. The van der Waals surface area contributed by atoms with Gasteiger partial charge in [-0.05, 0) is 35.6 Å². The Kier molecular flexibility index (Phi) is 5.19. The zero-order valence-electron chi connectivity index (χ0n) is 12.3. The van der Waals surface area contributed by atoms with E-state index in [4.69, 9.17) is 10.5 Å². The molecule has 2 aromatic rings. The van der Waals surface area contributed by atoms with Crippen LogP contribution in [-0.4, -0.2) is 6.61 Å². The first kappa shape index (κ1) is 14.6. The van der Waals surface area contributed by atoms with Crippen LogP contribution >= 0.6 is 0 Å². The van der Waals surface area contributed by atoms with Crippen LogP contribution in [0.15, 0.2) is 48.5 Å². The van der Waals surface area contributed by atoms with E-state index in [1.807, 2.05) is 18.2 Å². The van der Waals surface area contributed by atoms with Gasteiger partial charge < -0.3 is 10.5 Å². The lowest BCUT2D eigenvalue weighted by Crippen LogP contribution is -2.19. The molecule has 106 valence electrons. The molecular weight excluding hydrogens is 246 g/mol. The predicted octanol–water partition coefficient (Wildman–Crippen LogP) is 3.89. The maximum atomic E-state index is 6.20. The molecule has 2 aromatic carbocycles. The Bertz CT molecular complexity index is 533. The molecule has 0 spiro atoms. The molecule has 20 heavy (non-hydrogen) atoms. The van der Waals surface area contributed by atoms with E-state index < -0.39 is 0 Å². The highest BCUT2D eigenvalue weighted by atomic mass is 16.5. The van der Waals surface area contributed by atoms with E-state index in [2.05, 4.69) is 44.2 Å². The maximum absolute atomic E-state index is 6.20. The molecular formula is C18H23NO. The smallest absolute Gasteiger partial charge is 0.122 e. The highest BCUT2D eigenvalue weighted by Gasteiger charge is 2.08. The van der Waals surface area contributed by atoms with E-state index in [9.17, 15) is 0 Å². The van der Waals surface area contributed by atoms with Crippen LogP contribution in [-0.2, 0) is 12.8 Å². The minimum atomic E-state index is -0.0918. The van der Waals surface area contributed by atoms with E-state index in [1.54, 1.807) is 0 Å². The monoisotopic (exact) mass is 269 g/mol. The van der Waals surface area contributed by atoms with Gasteiger partial charge >= 0.3 is 0 Å². The number of hydrogen-bond acceptors (Lipinski definition) is 2. The summed E-state index contributed by atoms with van der Waals surface area (Å²) in [6.07, 6.45) is 2.02. The number of para-hydroxylation sites is 1. The van der Waals surface area contributed by atoms with E-state index in [-0.39, 0.29) is 6.04 Å². The first-order valence-corrected chi connectivity index (χ1v) is 7.29. The topological polar surface area (TPSA) is 35.2 Å². The fourth-order valence-corrected chi connectivity index (χ4v) is 2.21. The summed E-state index contributed by atoms with van der Waals surface area (Å²) in [5.74, 6) is 0.940. The van der Waals surface area contributed by atoms with Gasteiger partial charge in [-0.15, -0.1) is 0 Å². The SMILES string of the molecule is CCc1ccc(C(N)COc2ccccc2CC)cc1. The minimum Gasteiger partial charge on any atom is -0.491 e. The second-order valence-electron chi connectivity index (χ2n) is 4.97. The van der Waals surface area contributed by atoms with Crippen LogP contribution in [0.5, 0.6) is 5.75 Å². The molecule has 0 heterocycles. The number of aryl methyl sites for hydroxylation is 2. The van der Waals surface area contributed by atoms with Crippen molar-refractivity contribution in [3.05, 3.63) is 65.2 Å². The standard InChI is InChI=1S/C18H23NO/c1-3-14-9-11-16(12-10-14)17(19)13-20-18-8-6-5-7-15(18)4-2/h5-12,17H,3-4,13,19H2,1-2H3. The molecule has 2 nitrogen and oxygen atoms in total. The lowest BCUT2D eigenvalue weighted by Gasteiger charge is -2.16. The molecule has 2 heteroatoms. The molecule has 0 amide bonds. The quantitative estimate of drug-likeness (QED) is 0.863. The highest BCUT2D eigenvalue weighted by molar-refractivity contribution is 5.33. The van der Waals surface area contributed by atoms with Gasteiger partial charge in [0.25, 0.3) is 0 Å². The third-order valence-corrected chi connectivity index (χ3v) is 3.59. The number of nitrogens with two attached hydrogens (primary N) is 1. The molecule has 2 rings (SSSR count). The molecule has 1 unspecified atom stereocenters. The van der Waals surface area contributed by atoms with Crippen LogP contribution in [0.4, 0.5) is 0 Å². The second kappa shape index (κ2) is 7.11. The number of benzene rings is 2. The number of ether oxygens (including phenoxy) is 1. The van der Waals surface area contributed by atoms with Gasteiger partial charge in [0.15, 0.2) is 0 Å². The second-order valence-corrected chi connectivity index (χ2v) is 4.97. The van der Waals surface area contributed by atoms with Gasteiger partial charge in [-0.3, -0.25) is 0 Å². The molecule has 0 radical (unpaired) electrons. The van der Waals surface area contributed by atoms with Gasteiger partial charge in [0.1, 0.15) is 12.4 Å². The predicted molar refractivity (Wildman–Crippen MR) is 84.1 cm³/mol. The van der Waals surface area contributed by atoms with Gasteiger partial charge in [0, 0.05) is 0 Å². The van der Waals surface area contributed by atoms with E-state index in [0.29, 0.717) is 6.61 Å². The Labute approximate surface area is 121 Å². The normalized spacial score (nSPS) is 12.2. The summed E-state index contributed by atoms with van der Waals surface area (Å²) in [6.45, 7) is 4.79. The van der Waals surface area contributed by atoms with Crippen molar-refractivity contribution in [3.63, 3.8) is 0 Å². The first-order valence-electron chi connectivity index (χ1n) is 7.29. The fraction of sp³-hybridized carbons (Fsp3) is 0.333. The first-order chi connectivity index (χ1) is 9.74. The van der Waals surface area contributed by atoms with Crippen molar-refractivity contribution >= 4 is 0 Å². The Morgan fingerprint density at radius 1 is 0.950 bits per heavy atom. The van der Waals surface area contributed by atoms with Crippen molar-refractivity contribution < 1.29 is 4.74 Å². The Hall–Kier alpha value is -1.80. The summed E-state index contributed by atoms with van der Waals surface area (Å²) in [5, 5.41) is 0. The molecule has 2 N–H and O–H groups in total. The van der Waals surface area contributed by atoms with Gasteiger partial charge in [-0.1, -0.05) is 56.3 Å². The number of hydrogen-bond donors (Lipinski definition) is 1. The average molecular weight is 269 g/mol. The van der Waals surface area contributed by atoms with Crippen LogP contribution in [0, 0.1) is 0 Å². The summed E-state index contributed by atoms with van der Waals surface area (Å²) in [6, 6.07) is 16.5. The van der Waals surface area contributed by atoms with Crippen LogP contribution in [0.2, 0.25) is 0 Å². The van der Waals surface area contributed by atoms with Crippen LogP contribution in [0.1, 0.15) is 36.6 Å². The molecule has 0 aliphatic heterocycles. The molecule has 0 saturated carbocycles. The Morgan fingerprint density at radius 3 is 2.30 bits per heavy atom. The highest BCUT2D eigenvalue weighted by Crippen LogP contribution is 2.20. The summed E-state index contributed by atoms with van der Waals surface area (Å²) in [7, 11) is 0. The summed E-state index contributed by atoms with van der Waals surface area (Å²) in [4.78, 5) is 0. The average Bonchev–Trinajstić information content (AvgIpc) is 2.53. The molecule has 0 aromatic heterocycles. The summed E-state index contributed by atoms with van der Waals surface area (Å²) >= 11 is 0. The Balaban J connectivity index is 1.98. The van der Waals surface area contributed by atoms with Gasteiger partial charge in [-0.2, -0.15) is 0 Å². The molecule has 0 fully saturated rings. The van der Waals surface area contributed by atoms with Crippen LogP contribution < -0.4 is 10.5 Å². The largest absolute Gasteiger partial charge is 0.491 e. The van der Waals surface area contributed by atoms with Crippen molar-refractivity contribution in [2.45, 2.75) is 32.7 Å². The van der Waals surface area contributed by atoms with E-state index in [1.165, 1.54) is 11.1 Å². The zero-order valence-corrected chi connectivity index (χ0v) is 12.3. The molecule has 0 aliphatic rings. The lowest BCUT2D eigenvalue weighted by atomic mass is 10.0. The number of rotatable bonds is 6. The summed E-state index contributed by atoms with van der Waals surface area (Å²) in [5.41, 5.74) is 9.88. The molecule has 1 atom stereocenters. The van der Waals surface area contributed by atoms with Crippen LogP contribution in [0.25, 0.3) is 0 Å². The van der Waals surface area contributed by atoms with Crippen molar-refractivity contribution in [2.24, 2.45) is 5.73 Å². The maximum Gasteiger partial charge on any atom is 0.122 e. The minimum absolute atomic E-state index is 0.0918. The summed E-state index contributed by atoms with van der Waals surface area (Å²) < 4.78 is 5.88. The van der Waals surface area contributed by atoms with Gasteiger partial charge in [0.05, 0.1) is 6.04 Å². The zero-order chi connectivity index (χ0) is 14.4. The third kappa shape index (κ3) is 3.61. The Morgan fingerprint density at radius 2 is 1.65 bits per heavy atom. The van der Waals surface area contributed by atoms with Crippen molar-refractivity contribution in [1.82, 2.24) is 0 Å². The lowest BCUT2D eigenvalue weighted by molar-refractivity contribution is 0.288. The van der Waals surface area contributed by atoms with Crippen molar-refractivity contribution in [3.8, 4) is 5.75 Å². The molecule has 0 saturated heterocycles. The molecule has 0 bridgehead atoms. The van der Waals surface area contributed by atoms with Crippen molar-refractivity contribution in [1.29, 1.82) is 0 Å². The van der Waals surface area contributed by atoms with Gasteiger partial charge in [-0.25, -0.2) is 0 Å². The van der Waals surface area contributed by atoms with Crippen LogP contribution in [0.3, 0.4) is 0 Å². The van der Waals surface area contributed by atoms with Gasteiger partial charge in [0.2, 0.25) is 0 Å². The van der Waals surface area contributed by atoms with E-state index in [0.717, 1.165) is 24.2 Å².